The Balaban J connectivity index is 1.79. The lowest BCUT2D eigenvalue weighted by molar-refractivity contribution is -0.131. The Morgan fingerprint density at radius 3 is 2.91 bits per heavy atom. The average Bonchev–Trinajstić information content (AvgIpc) is 3.06. The van der Waals surface area contributed by atoms with Crippen LogP contribution in [0.1, 0.15) is 12.8 Å². The molecule has 1 aromatic carbocycles. The Hall–Kier alpha value is -2.41. The third kappa shape index (κ3) is 2.67. The van der Waals surface area contributed by atoms with Crippen molar-refractivity contribution in [3.8, 4) is 5.69 Å². The van der Waals surface area contributed by atoms with Crippen LogP contribution in [0.2, 0.25) is 0 Å². The fraction of sp³-hybridized carbons (Fsp3) is 0.267. The number of anilines is 1. The van der Waals surface area contributed by atoms with Gasteiger partial charge in [-0.2, -0.15) is 0 Å². The summed E-state index contributed by atoms with van der Waals surface area (Å²) in [6, 6.07) is 7.02. The summed E-state index contributed by atoms with van der Waals surface area (Å²) in [5, 5.41) is 2.87. The molecule has 0 bridgehead atoms. The van der Waals surface area contributed by atoms with E-state index in [4.69, 9.17) is 12.2 Å². The van der Waals surface area contributed by atoms with E-state index in [0.717, 1.165) is 5.69 Å². The fourth-order valence-corrected chi connectivity index (χ4v) is 2.83. The van der Waals surface area contributed by atoms with Crippen LogP contribution in [0.25, 0.3) is 5.69 Å². The van der Waals surface area contributed by atoms with Gasteiger partial charge in [0.25, 0.3) is 0 Å². The van der Waals surface area contributed by atoms with Crippen LogP contribution in [0, 0.1) is 4.77 Å². The van der Waals surface area contributed by atoms with Crippen molar-refractivity contribution in [3.63, 3.8) is 0 Å². The van der Waals surface area contributed by atoms with E-state index in [1.54, 1.807) is 13.2 Å². The number of amides is 2. The van der Waals surface area contributed by atoms with E-state index >= 15 is 0 Å². The molecule has 0 spiro atoms. The number of rotatable bonds is 3. The number of nitrogens with one attached hydrogen (secondary N) is 2. The van der Waals surface area contributed by atoms with E-state index in [1.165, 1.54) is 4.90 Å². The predicted molar refractivity (Wildman–Crippen MR) is 85.4 cm³/mol. The highest BCUT2D eigenvalue weighted by molar-refractivity contribution is 7.71. The number of carbonyl (C=O) groups is 2. The Bertz CT molecular complexity index is 780. The molecule has 114 valence electrons. The Kier molecular flexibility index (Phi) is 3.81. The van der Waals surface area contributed by atoms with Gasteiger partial charge >= 0.3 is 0 Å². The summed E-state index contributed by atoms with van der Waals surface area (Å²) in [5.74, 6) is -0.157. The van der Waals surface area contributed by atoms with Gasteiger partial charge in [0, 0.05) is 37.2 Å². The van der Waals surface area contributed by atoms with E-state index in [0.29, 0.717) is 23.3 Å². The molecule has 7 heteroatoms. The number of imidazole rings is 1. The molecule has 22 heavy (non-hydrogen) atoms. The lowest BCUT2D eigenvalue weighted by Gasteiger charge is -2.19. The van der Waals surface area contributed by atoms with E-state index in [-0.39, 0.29) is 11.8 Å². The number of aromatic nitrogens is 2. The van der Waals surface area contributed by atoms with Crippen LogP contribution >= 0.6 is 12.2 Å². The third-order valence-electron chi connectivity index (χ3n) is 3.84. The first-order valence-electron chi connectivity index (χ1n) is 6.99. The molecule has 1 fully saturated rings. The first-order valence-corrected chi connectivity index (χ1v) is 7.40. The molecule has 0 radical (unpaired) electrons. The Labute approximate surface area is 132 Å². The van der Waals surface area contributed by atoms with Gasteiger partial charge in [0.2, 0.25) is 11.8 Å². The van der Waals surface area contributed by atoms with Crippen molar-refractivity contribution < 1.29 is 9.59 Å². The maximum Gasteiger partial charge on any atom is 0.247 e. The zero-order chi connectivity index (χ0) is 15.7. The monoisotopic (exact) mass is 316 g/mol. The first kappa shape index (κ1) is 14.5. The van der Waals surface area contributed by atoms with Crippen molar-refractivity contribution in [1.29, 1.82) is 0 Å². The molecular weight excluding hydrogens is 300 g/mol. The van der Waals surface area contributed by atoms with Gasteiger partial charge in [-0.15, -0.1) is 0 Å². The molecule has 0 aliphatic carbocycles. The van der Waals surface area contributed by atoms with Crippen LogP contribution in [0.3, 0.4) is 0 Å². The molecule has 1 saturated heterocycles. The minimum absolute atomic E-state index is 0.00697. The van der Waals surface area contributed by atoms with Crippen molar-refractivity contribution in [1.82, 2.24) is 14.5 Å². The van der Waals surface area contributed by atoms with E-state index in [9.17, 15) is 9.59 Å². The number of likely N-dealkylation sites (N-methyl/N-ethyl adjacent to an activating group) is 1. The van der Waals surface area contributed by atoms with Crippen molar-refractivity contribution in [3.05, 3.63) is 41.4 Å². The van der Waals surface area contributed by atoms with E-state index in [2.05, 4.69) is 10.3 Å². The number of hydrogen-bond acceptors (Lipinski definition) is 3. The summed E-state index contributed by atoms with van der Waals surface area (Å²) in [6.45, 7) is 0. The molecule has 2 amide bonds. The van der Waals surface area contributed by atoms with Gasteiger partial charge in [0.15, 0.2) is 4.77 Å². The molecule has 2 aromatic rings. The second-order valence-electron chi connectivity index (χ2n) is 5.23. The van der Waals surface area contributed by atoms with Gasteiger partial charge < -0.3 is 15.2 Å². The first-order chi connectivity index (χ1) is 10.6. The zero-order valence-electron chi connectivity index (χ0n) is 12.1. The fourth-order valence-electron chi connectivity index (χ4n) is 2.59. The van der Waals surface area contributed by atoms with E-state index < -0.39 is 6.04 Å². The maximum atomic E-state index is 12.3. The van der Waals surface area contributed by atoms with Crippen molar-refractivity contribution in [2.75, 3.05) is 12.4 Å². The molecule has 1 aliphatic heterocycles. The molecule has 6 nitrogen and oxygen atoms in total. The highest BCUT2D eigenvalue weighted by Gasteiger charge is 2.33. The summed E-state index contributed by atoms with van der Waals surface area (Å²) in [4.78, 5) is 28.2. The molecular formula is C15H16N4O2S. The SMILES string of the molecule is CN1C(=O)CCC1C(=O)Nc1cccc(-n2cc[nH]c2=S)c1. The smallest absolute Gasteiger partial charge is 0.247 e. The largest absolute Gasteiger partial charge is 0.337 e. The number of nitrogens with zero attached hydrogens (tertiary/aromatic N) is 2. The molecule has 0 saturated carbocycles. The van der Waals surface area contributed by atoms with Crippen LogP contribution in [-0.2, 0) is 9.59 Å². The third-order valence-corrected chi connectivity index (χ3v) is 4.15. The highest BCUT2D eigenvalue weighted by Crippen LogP contribution is 2.20. The van der Waals surface area contributed by atoms with Crippen LogP contribution in [-0.4, -0.2) is 39.4 Å². The zero-order valence-corrected chi connectivity index (χ0v) is 12.9. The minimum atomic E-state index is -0.398. The van der Waals surface area contributed by atoms with Gasteiger partial charge in [-0.25, -0.2) is 0 Å². The second-order valence-corrected chi connectivity index (χ2v) is 5.62. The standard InChI is InChI=1S/C15H16N4O2S/c1-18-12(5-6-13(18)20)14(21)17-10-3-2-4-11(9-10)19-8-7-16-15(19)22/h2-4,7-9,12H,5-6H2,1H3,(H,16,22)(H,17,21). The average molecular weight is 316 g/mol. The van der Waals surface area contributed by atoms with Crippen LogP contribution in [0.4, 0.5) is 5.69 Å². The molecule has 1 unspecified atom stereocenters. The van der Waals surface area contributed by atoms with Crippen molar-refractivity contribution >= 4 is 29.7 Å². The quantitative estimate of drug-likeness (QED) is 0.852. The summed E-state index contributed by atoms with van der Waals surface area (Å²) in [5.41, 5.74) is 1.54. The number of hydrogen-bond donors (Lipinski definition) is 2. The number of likely N-dealkylation sites (tertiary alicyclic amines) is 1. The molecule has 1 aliphatic rings. The van der Waals surface area contributed by atoms with Crippen molar-refractivity contribution in [2.45, 2.75) is 18.9 Å². The number of benzene rings is 1. The predicted octanol–water partition coefficient (Wildman–Crippen LogP) is 2.09. The normalized spacial score (nSPS) is 17.8. The van der Waals surface area contributed by atoms with Gasteiger partial charge in [0.05, 0.1) is 0 Å². The van der Waals surface area contributed by atoms with Gasteiger partial charge in [-0.05, 0) is 36.8 Å². The van der Waals surface area contributed by atoms with Gasteiger partial charge in [-0.3, -0.25) is 14.2 Å². The molecule has 1 aromatic heterocycles. The lowest BCUT2D eigenvalue weighted by Crippen LogP contribution is -2.38. The van der Waals surface area contributed by atoms with Gasteiger partial charge in [0.1, 0.15) is 6.04 Å². The van der Waals surface area contributed by atoms with Gasteiger partial charge in [-0.1, -0.05) is 6.07 Å². The Morgan fingerprint density at radius 2 is 2.27 bits per heavy atom. The molecule has 1 atom stereocenters. The number of H-pyrrole nitrogens is 1. The summed E-state index contributed by atoms with van der Waals surface area (Å²) < 4.78 is 2.40. The lowest BCUT2D eigenvalue weighted by atomic mass is 10.2. The molecule has 2 N–H and O–H groups in total. The minimum Gasteiger partial charge on any atom is -0.337 e. The van der Waals surface area contributed by atoms with Crippen LogP contribution in [0.15, 0.2) is 36.7 Å². The summed E-state index contributed by atoms with van der Waals surface area (Å²) in [6.07, 6.45) is 4.57. The van der Waals surface area contributed by atoms with E-state index in [1.807, 2.05) is 35.0 Å². The highest BCUT2D eigenvalue weighted by atomic mass is 32.1. The number of carbonyl (C=O) groups excluding carboxylic acids is 2. The summed E-state index contributed by atoms with van der Waals surface area (Å²) >= 11 is 5.19. The number of aromatic amines is 1. The van der Waals surface area contributed by atoms with Crippen molar-refractivity contribution in [2.24, 2.45) is 0 Å². The Morgan fingerprint density at radius 1 is 1.45 bits per heavy atom. The summed E-state index contributed by atoms with van der Waals surface area (Å²) in [7, 11) is 1.66. The van der Waals surface area contributed by atoms with Crippen LogP contribution in [0.5, 0.6) is 0 Å². The maximum absolute atomic E-state index is 12.3. The van der Waals surface area contributed by atoms with Crippen LogP contribution < -0.4 is 5.32 Å². The molecule has 3 rings (SSSR count). The molecule has 2 heterocycles. The topological polar surface area (TPSA) is 70.1 Å². The second kappa shape index (κ2) is 5.76.